The van der Waals surface area contributed by atoms with Crippen molar-refractivity contribution in [2.75, 3.05) is 20.0 Å². The number of ether oxygens (including phenoxy) is 2. The van der Waals surface area contributed by atoms with E-state index in [0.717, 1.165) is 9.79 Å². The van der Waals surface area contributed by atoms with Crippen molar-refractivity contribution < 1.29 is 32.7 Å². The fourth-order valence-corrected chi connectivity index (χ4v) is 5.59. The summed E-state index contributed by atoms with van der Waals surface area (Å²) in [6.45, 7) is 0. The Balaban J connectivity index is 1.71. The molecule has 3 N–H and O–H groups in total. The molecule has 9 nitrogen and oxygen atoms in total. The third-order valence-electron chi connectivity index (χ3n) is 5.15. The first-order valence-corrected chi connectivity index (χ1v) is 13.2. The molecule has 3 rings (SSSR count). The van der Waals surface area contributed by atoms with Gasteiger partial charge in [0.15, 0.2) is 9.84 Å². The second-order valence-corrected chi connectivity index (χ2v) is 10.8. The molecule has 0 bridgehead atoms. The lowest BCUT2D eigenvalue weighted by Gasteiger charge is -2.18. The van der Waals surface area contributed by atoms with Crippen LogP contribution in [0.5, 0.6) is 11.5 Å². The summed E-state index contributed by atoms with van der Waals surface area (Å²) in [4.78, 5) is 26.7. The molecule has 11 heteroatoms. The molecule has 0 aromatic heterocycles. The lowest BCUT2D eigenvalue weighted by Crippen LogP contribution is -2.50. The molecular formula is C25H26N2O7S2. The van der Waals surface area contributed by atoms with Crippen LogP contribution in [0.25, 0.3) is 0 Å². The third-order valence-corrected chi connectivity index (χ3v) is 7.93. The fraction of sp³-hybridized carbons (Fsp3) is 0.200. The lowest BCUT2D eigenvalue weighted by atomic mass is 10.1. The third kappa shape index (κ3) is 7.23. The molecule has 0 aliphatic carbocycles. The zero-order chi connectivity index (χ0) is 26.1. The fourth-order valence-electron chi connectivity index (χ4n) is 3.33. The second-order valence-electron chi connectivity index (χ2n) is 7.62. The van der Waals surface area contributed by atoms with Crippen molar-refractivity contribution in [3.8, 4) is 11.5 Å². The van der Waals surface area contributed by atoms with Crippen molar-refractivity contribution in [2.24, 2.45) is 0 Å². The molecule has 0 aliphatic heterocycles. The number of methoxy groups -OCH3 is 2. The number of rotatable bonds is 11. The highest BCUT2D eigenvalue weighted by molar-refractivity contribution is 7.99. The van der Waals surface area contributed by atoms with Gasteiger partial charge in [-0.05, 0) is 42.5 Å². The molecule has 36 heavy (non-hydrogen) atoms. The van der Waals surface area contributed by atoms with Gasteiger partial charge in [-0.15, -0.1) is 0 Å². The van der Waals surface area contributed by atoms with Gasteiger partial charge >= 0.3 is 0 Å². The van der Waals surface area contributed by atoms with Gasteiger partial charge in [-0.2, -0.15) is 0 Å². The first-order chi connectivity index (χ1) is 17.2. The first kappa shape index (κ1) is 27.1. The number of hydroxylamine groups is 1. The Labute approximate surface area is 213 Å². The number of benzene rings is 3. The topological polar surface area (TPSA) is 131 Å². The van der Waals surface area contributed by atoms with Crippen LogP contribution in [0.1, 0.15) is 5.56 Å². The smallest absolute Gasteiger partial charge is 0.266 e. The maximum Gasteiger partial charge on any atom is 0.266 e. The van der Waals surface area contributed by atoms with Crippen molar-refractivity contribution in [1.29, 1.82) is 0 Å². The van der Waals surface area contributed by atoms with Crippen LogP contribution in [-0.2, 0) is 25.8 Å². The Morgan fingerprint density at radius 1 is 0.944 bits per heavy atom. The monoisotopic (exact) mass is 530 g/mol. The van der Waals surface area contributed by atoms with Crippen LogP contribution < -0.4 is 20.3 Å². The standard InChI is InChI=1S/C25H26N2O7S2/c1-33-18-9-8-17(23(15-18)34-2)14-24(28)26-22(25(29)27-30)16-36(31,32)21-12-10-20(11-13-21)35-19-6-4-3-5-7-19/h3-13,15,22,30H,14,16H2,1-2H3,(H,26,28)(H,27,29)/t22-/m0/s1. The van der Waals surface area contributed by atoms with E-state index in [1.54, 1.807) is 30.3 Å². The van der Waals surface area contributed by atoms with Gasteiger partial charge in [-0.1, -0.05) is 36.0 Å². The Hall–Kier alpha value is -3.54. The quantitative estimate of drug-likeness (QED) is 0.255. The molecule has 0 saturated heterocycles. The summed E-state index contributed by atoms with van der Waals surface area (Å²) in [7, 11) is -1.05. The second kappa shape index (κ2) is 12.4. The number of sulfone groups is 1. The van der Waals surface area contributed by atoms with E-state index in [-0.39, 0.29) is 11.3 Å². The van der Waals surface area contributed by atoms with Gasteiger partial charge < -0.3 is 14.8 Å². The van der Waals surface area contributed by atoms with E-state index in [1.165, 1.54) is 43.6 Å². The Bertz CT molecular complexity index is 1300. The summed E-state index contributed by atoms with van der Waals surface area (Å²) < 4.78 is 36.4. The van der Waals surface area contributed by atoms with Crippen molar-refractivity contribution in [3.05, 3.63) is 78.4 Å². The van der Waals surface area contributed by atoms with Crippen molar-refractivity contribution in [2.45, 2.75) is 27.1 Å². The van der Waals surface area contributed by atoms with Crippen LogP contribution in [0.4, 0.5) is 0 Å². The number of nitrogens with one attached hydrogen (secondary N) is 2. The minimum Gasteiger partial charge on any atom is -0.497 e. The molecule has 3 aromatic rings. The predicted molar refractivity (Wildman–Crippen MR) is 134 cm³/mol. The summed E-state index contributed by atoms with van der Waals surface area (Å²) in [6.07, 6.45) is -0.187. The number of carbonyl (C=O) groups is 2. The van der Waals surface area contributed by atoms with E-state index in [2.05, 4.69) is 5.32 Å². The zero-order valence-corrected chi connectivity index (χ0v) is 21.3. The molecule has 3 aromatic carbocycles. The highest BCUT2D eigenvalue weighted by atomic mass is 32.2. The Kier molecular flexibility index (Phi) is 9.34. The van der Waals surface area contributed by atoms with Gasteiger partial charge in [-0.25, -0.2) is 13.9 Å². The zero-order valence-electron chi connectivity index (χ0n) is 19.6. The molecular weight excluding hydrogens is 504 g/mol. The summed E-state index contributed by atoms with van der Waals surface area (Å²) in [6, 6.07) is 19.2. The van der Waals surface area contributed by atoms with Gasteiger partial charge in [0.1, 0.15) is 17.5 Å². The molecule has 0 fully saturated rings. The van der Waals surface area contributed by atoms with Gasteiger partial charge in [0, 0.05) is 21.4 Å². The molecule has 2 amide bonds. The Morgan fingerprint density at radius 3 is 2.22 bits per heavy atom. The van der Waals surface area contributed by atoms with E-state index < -0.39 is 33.4 Å². The first-order valence-electron chi connectivity index (χ1n) is 10.8. The van der Waals surface area contributed by atoms with Gasteiger partial charge in [0.25, 0.3) is 5.91 Å². The van der Waals surface area contributed by atoms with E-state index in [0.29, 0.717) is 17.1 Å². The average molecular weight is 531 g/mol. The predicted octanol–water partition coefficient (Wildman–Crippen LogP) is 2.86. The molecule has 1 atom stereocenters. The minimum absolute atomic E-state index is 0.0123. The van der Waals surface area contributed by atoms with Gasteiger partial charge in [0.2, 0.25) is 5.91 Å². The number of hydrogen-bond acceptors (Lipinski definition) is 8. The SMILES string of the molecule is COc1ccc(CC(=O)N[C@@H](CS(=O)(=O)c2ccc(Sc3ccccc3)cc2)C(=O)NO)c(OC)c1. The maximum absolute atomic E-state index is 13.0. The van der Waals surface area contributed by atoms with Crippen LogP contribution in [0.3, 0.4) is 0 Å². The highest BCUT2D eigenvalue weighted by Gasteiger charge is 2.28. The molecule has 0 heterocycles. The minimum atomic E-state index is -3.98. The van der Waals surface area contributed by atoms with Gasteiger partial charge in [-0.3, -0.25) is 14.8 Å². The van der Waals surface area contributed by atoms with E-state index in [9.17, 15) is 18.0 Å². The number of carbonyl (C=O) groups excluding carboxylic acids is 2. The van der Waals surface area contributed by atoms with Crippen molar-refractivity contribution in [3.63, 3.8) is 0 Å². The van der Waals surface area contributed by atoms with Crippen molar-refractivity contribution >= 4 is 33.4 Å². The molecule has 0 aliphatic rings. The summed E-state index contributed by atoms with van der Waals surface area (Å²) in [5.41, 5.74) is 1.93. The number of amides is 2. The van der Waals surface area contributed by atoms with Crippen LogP contribution in [-0.4, -0.2) is 51.5 Å². The largest absolute Gasteiger partial charge is 0.497 e. The summed E-state index contributed by atoms with van der Waals surface area (Å²) in [5.74, 6) is -1.49. The van der Waals surface area contributed by atoms with Crippen LogP contribution >= 0.6 is 11.8 Å². The van der Waals surface area contributed by atoms with E-state index in [4.69, 9.17) is 14.7 Å². The van der Waals surface area contributed by atoms with E-state index >= 15 is 0 Å². The summed E-state index contributed by atoms with van der Waals surface area (Å²) >= 11 is 1.48. The Morgan fingerprint density at radius 2 is 1.61 bits per heavy atom. The van der Waals surface area contributed by atoms with Crippen molar-refractivity contribution in [1.82, 2.24) is 10.8 Å². The van der Waals surface area contributed by atoms with Crippen LogP contribution in [0.2, 0.25) is 0 Å². The lowest BCUT2D eigenvalue weighted by molar-refractivity contribution is -0.133. The molecule has 190 valence electrons. The van der Waals surface area contributed by atoms with Crippen LogP contribution in [0.15, 0.2) is 87.5 Å². The molecule has 0 radical (unpaired) electrons. The molecule has 0 spiro atoms. The van der Waals surface area contributed by atoms with E-state index in [1.807, 2.05) is 30.3 Å². The van der Waals surface area contributed by atoms with Crippen LogP contribution in [0, 0.1) is 0 Å². The maximum atomic E-state index is 13.0. The number of hydrogen-bond donors (Lipinski definition) is 3. The molecule has 0 unspecified atom stereocenters. The summed E-state index contributed by atoms with van der Waals surface area (Å²) in [5, 5.41) is 11.5. The normalized spacial score (nSPS) is 11.9. The highest BCUT2D eigenvalue weighted by Crippen LogP contribution is 2.28. The van der Waals surface area contributed by atoms with Gasteiger partial charge in [0.05, 0.1) is 31.3 Å². The average Bonchev–Trinajstić information content (AvgIpc) is 2.88. The molecule has 0 saturated carbocycles.